The summed E-state index contributed by atoms with van der Waals surface area (Å²) in [5, 5.41) is 0.739. The summed E-state index contributed by atoms with van der Waals surface area (Å²) in [4.78, 5) is 26.1. The van der Waals surface area contributed by atoms with E-state index in [1.165, 1.54) is 4.90 Å². The van der Waals surface area contributed by atoms with Gasteiger partial charge in [-0.25, -0.2) is 23.1 Å². The number of fused-ring (bicyclic) bond motifs is 2. The van der Waals surface area contributed by atoms with Crippen molar-refractivity contribution in [2.45, 2.75) is 12.8 Å². The number of nitrogen functional groups attached to an aromatic ring is 1. The minimum Gasteiger partial charge on any atom is -0.383 e. The van der Waals surface area contributed by atoms with Gasteiger partial charge in [0.05, 0.1) is 11.8 Å². The molecule has 3 heterocycles. The number of aromatic nitrogens is 3. The first-order valence-corrected chi connectivity index (χ1v) is 9.58. The van der Waals surface area contributed by atoms with Crippen LogP contribution in [0.15, 0.2) is 42.6 Å². The van der Waals surface area contributed by atoms with Gasteiger partial charge in [-0.15, -0.1) is 0 Å². The zero-order chi connectivity index (χ0) is 21.7. The van der Waals surface area contributed by atoms with Crippen LogP contribution in [0, 0.1) is 17.5 Å². The van der Waals surface area contributed by atoms with E-state index in [0.717, 1.165) is 22.6 Å². The van der Waals surface area contributed by atoms with Crippen molar-refractivity contribution >= 4 is 28.4 Å². The maximum Gasteiger partial charge on any atom is 0.231 e. The molecule has 0 bridgehead atoms. The summed E-state index contributed by atoms with van der Waals surface area (Å²) in [5.41, 5.74) is 8.64. The number of amides is 1. The summed E-state index contributed by atoms with van der Waals surface area (Å²) in [5.74, 6) is -3.07. The number of anilines is 2. The van der Waals surface area contributed by atoms with E-state index in [9.17, 15) is 18.0 Å². The highest BCUT2D eigenvalue weighted by molar-refractivity contribution is 5.97. The average Bonchev–Trinajstić information content (AvgIpc) is 3.38. The first-order valence-electron chi connectivity index (χ1n) is 9.58. The lowest BCUT2D eigenvalue weighted by molar-refractivity contribution is -0.117. The molecule has 0 unspecified atom stereocenters. The van der Waals surface area contributed by atoms with Crippen molar-refractivity contribution in [1.82, 2.24) is 15.0 Å². The van der Waals surface area contributed by atoms with Gasteiger partial charge in [0.15, 0.2) is 17.5 Å². The molecule has 31 heavy (non-hydrogen) atoms. The van der Waals surface area contributed by atoms with Crippen LogP contribution in [0.1, 0.15) is 11.1 Å². The maximum absolute atomic E-state index is 13.9. The minimum atomic E-state index is -1.31. The number of halogens is 3. The Kier molecular flexibility index (Phi) is 4.39. The molecule has 3 N–H and O–H groups in total. The Morgan fingerprint density at radius 2 is 1.97 bits per heavy atom. The van der Waals surface area contributed by atoms with Crippen LogP contribution in [0.4, 0.5) is 24.7 Å². The quantitative estimate of drug-likeness (QED) is 0.491. The fraction of sp³-hybridized carbons (Fsp3) is 0.136. The molecule has 156 valence electrons. The van der Waals surface area contributed by atoms with Crippen LogP contribution in [0.5, 0.6) is 0 Å². The SMILES string of the molecule is Nc1nc(-c2ccc3c(c2)CCN3C(=O)Cc2cc(F)cc(F)c2F)nc2[nH]ccc12. The van der Waals surface area contributed by atoms with Crippen molar-refractivity contribution in [2.24, 2.45) is 0 Å². The Bertz CT molecular complexity index is 1350. The molecule has 0 spiro atoms. The molecule has 2 aromatic carbocycles. The average molecular weight is 423 g/mol. The summed E-state index contributed by atoms with van der Waals surface area (Å²) < 4.78 is 40.8. The van der Waals surface area contributed by atoms with E-state index in [1.807, 2.05) is 6.07 Å². The number of carbonyl (C=O) groups excluding carboxylic acids is 1. The van der Waals surface area contributed by atoms with Crippen LogP contribution in [0.2, 0.25) is 0 Å². The first-order chi connectivity index (χ1) is 14.9. The second kappa shape index (κ2) is 7.12. The number of hydrogen-bond acceptors (Lipinski definition) is 4. The van der Waals surface area contributed by atoms with Crippen LogP contribution in [-0.2, 0) is 17.6 Å². The smallest absolute Gasteiger partial charge is 0.231 e. The van der Waals surface area contributed by atoms with E-state index < -0.39 is 29.8 Å². The molecule has 6 nitrogen and oxygen atoms in total. The number of nitrogens with zero attached hydrogens (tertiary/aromatic N) is 3. The maximum atomic E-state index is 13.9. The standard InChI is InChI=1S/C22H16F3N5O/c23-14-8-13(19(25)16(24)10-14)9-18(31)30-6-4-11-7-12(1-2-17(11)30)21-28-20(26)15-3-5-27-22(15)29-21/h1-3,5,7-8,10H,4,6,9H2,(H3,26,27,28,29). The second-order valence-electron chi connectivity index (χ2n) is 7.35. The largest absolute Gasteiger partial charge is 0.383 e. The molecule has 1 aliphatic heterocycles. The molecule has 0 radical (unpaired) electrons. The molecule has 0 atom stereocenters. The van der Waals surface area contributed by atoms with Gasteiger partial charge in [0, 0.05) is 35.6 Å². The molecular formula is C22H16F3N5O. The van der Waals surface area contributed by atoms with Crippen LogP contribution in [-0.4, -0.2) is 27.4 Å². The van der Waals surface area contributed by atoms with Gasteiger partial charge in [0.1, 0.15) is 17.3 Å². The van der Waals surface area contributed by atoms with E-state index in [0.29, 0.717) is 42.0 Å². The van der Waals surface area contributed by atoms with Gasteiger partial charge < -0.3 is 15.6 Å². The third-order valence-electron chi connectivity index (χ3n) is 5.39. The van der Waals surface area contributed by atoms with Crippen LogP contribution >= 0.6 is 0 Å². The molecule has 2 aromatic heterocycles. The predicted molar refractivity (Wildman–Crippen MR) is 110 cm³/mol. The van der Waals surface area contributed by atoms with Crippen LogP contribution < -0.4 is 10.6 Å². The summed E-state index contributed by atoms with van der Waals surface area (Å²) in [6, 6.07) is 8.51. The second-order valence-corrected chi connectivity index (χ2v) is 7.35. The van der Waals surface area contributed by atoms with E-state index in [2.05, 4.69) is 15.0 Å². The van der Waals surface area contributed by atoms with Crippen molar-refractivity contribution in [2.75, 3.05) is 17.2 Å². The molecule has 0 aliphatic carbocycles. The lowest BCUT2D eigenvalue weighted by atomic mass is 10.1. The van der Waals surface area contributed by atoms with Gasteiger partial charge >= 0.3 is 0 Å². The highest BCUT2D eigenvalue weighted by atomic mass is 19.2. The Labute approximate surface area is 174 Å². The molecule has 0 saturated carbocycles. The topological polar surface area (TPSA) is 87.9 Å². The van der Waals surface area contributed by atoms with Gasteiger partial charge in [0.25, 0.3) is 0 Å². The summed E-state index contributed by atoms with van der Waals surface area (Å²) >= 11 is 0. The van der Waals surface area contributed by atoms with Crippen molar-refractivity contribution in [3.8, 4) is 11.4 Å². The predicted octanol–water partition coefficient (Wildman–Crippen LogP) is 3.76. The minimum absolute atomic E-state index is 0.310. The number of aromatic amines is 1. The molecule has 1 amide bonds. The molecule has 9 heteroatoms. The van der Waals surface area contributed by atoms with Crippen molar-refractivity contribution < 1.29 is 18.0 Å². The van der Waals surface area contributed by atoms with Crippen LogP contribution in [0.3, 0.4) is 0 Å². The monoisotopic (exact) mass is 423 g/mol. The third-order valence-corrected chi connectivity index (χ3v) is 5.39. The summed E-state index contributed by atoms with van der Waals surface area (Å²) in [6.45, 7) is 0.385. The summed E-state index contributed by atoms with van der Waals surface area (Å²) in [6.07, 6.45) is 1.87. The Morgan fingerprint density at radius 1 is 1.13 bits per heavy atom. The number of H-pyrrole nitrogens is 1. The molecule has 0 fully saturated rings. The highest BCUT2D eigenvalue weighted by Crippen LogP contribution is 2.33. The number of nitrogens with one attached hydrogen (secondary N) is 1. The zero-order valence-corrected chi connectivity index (χ0v) is 16.1. The highest BCUT2D eigenvalue weighted by Gasteiger charge is 2.26. The molecule has 4 aromatic rings. The van der Waals surface area contributed by atoms with E-state index in [-0.39, 0.29) is 5.56 Å². The van der Waals surface area contributed by atoms with Gasteiger partial charge in [-0.3, -0.25) is 4.79 Å². The lowest BCUT2D eigenvalue weighted by Gasteiger charge is -2.18. The summed E-state index contributed by atoms with van der Waals surface area (Å²) in [7, 11) is 0. The van der Waals surface area contributed by atoms with Crippen molar-refractivity contribution in [1.29, 1.82) is 0 Å². The van der Waals surface area contributed by atoms with Gasteiger partial charge in [-0.1, -0.05) is 0 Å². The zero-order valence-electron chi connectivity index (χ0n) is 16.1. The van der Waals surface area contributed by atoms with E-state index in [4.69, 9.17) is 5.73 Å². The number of hydrogen-bond donors (Lipinski definition) is 2. The lowest BCUT2D eigenvalue weighted by Crippen LogP contribution is -2.30. The molecular weight excluding hydrogens is 407 g/mol. The molecule has 5 rings (SSSR count). The Hall–Kier alpha value is -3.88. The number of nitrogens with two attached hydrogens (primary N) is 1. The fourth-order valence-electron chi connectivity index (χ4n) is 3.89. The van der Waals surface area contributed by atoms with Crippen molar-refractivity contribution in [3.05, 3.63) is 71.2 Å². The number of rotatable bonds is 3. The number of benzene rings is 2. The first kappa shape index (κ1) is 19.1. The normalized spacial score (nSPS) is 13.1. The van der Waals surface area contributed by atoms with E-state index >= 15 is 0 Å². The van der Waals surface area contributed by atoms with Gasteiger partial charge in [0.2, 0.25) is 5.91 Å². The van der Waals surface area contributed by atoms with Gasteiger partial charge in [-0.05, 0) is 42.3 Å². The Morgan fingerprint density at radius 3 is 2.81 bits per heavy atom. The Balaban J connectivity index is 1.43. The van der Waals surface area contributed by atoms with Crippen LogP contribution in [0.25, 0.3) is 22.4 Å². The van der Waals surface area contributed by atoms with Crippen molar-refractivity contribution in [3.63, 3.8) is 0 Å². The fourth-order valence-corrected chi connectivity index (χ4v) is 3.89. The van der Waals surface area contributed by atoms with Gasteiger partial charge in [-0.2, -0.15) is 0 Å². The molecule has 1 aliphatic rings. The number of carbonyl (C=O) groups is 1. The third kappa shape index (κ3) is 3.27. The molecule has 0 saturated heterocycles. The van der Waals surface area contributed by atoms with E-state index in [1.54, 1.807) is 24.4 Å².